The van der Waals surface area contributed by atoms with Gasteiger partial charge in [-0.05, 0) is 23.8 Å². The van der Waals surface area contributed by atoms with Crippen molar-refractivity contribution in [2.45, 2.75) is 13.1 Å². The van der Waals surface area contributed by atoms with E-state index in [1.807, 2.05) is 24.3 Å². The van der Waals surface area contributed by atoms with E-state index < -0.39 is 0 Å². The van der Waals surface area contributed by atoms with Gasteiger partial charge in [0.15, 0.2) is 0 Å². The minimum absolute atomic E-state index is 0.239. The highest BCUT2D eigenvalue weighted by atomic mass is 19.1. The molecule has 0 fully saturated rings. The Hall–Kier alpha value is -1.94. The third-order valence-electron chi connectivity index (χ3n) is 2.48. The lowest BCUT2D eigenvalue weighted by Gasteiger charge is -2.07. The summed E-state index contributed by atoms with van der Waals surface area (Å²) in [5, 5.41) is 3.06. The van der Waals surface area contributed by atoms with Crippen molar-refractivity contribution in [3.8, 4) is 0 Å². The van der Waals surface area contributed by atoms with Crippen LogP contribution in [0.5, 0.6) is 0 Å². The molecule has 1 aromatic heterocycles. The molecular formula is C13H14FN3. The predicted octanol–water partition coefficient (Wildman–Crippen LogP) is 2.29. The molecular weight excluding hydrogens is 217 g/mol. The number of halogens is 1. The van der Waals surface area contributed by atoms with Gasteiger partial charge in [-0.2, -0.15) is 0 Å². The average molecular weight is 231 g/mol. The summed E-state index contributed by atoms with van der Waals surface area (Å²) in [7, 11) is 0. The quantitative estimate of drug-likeness (QED) is 0.848. The van der Waals surface area contributed by atoms with Gasteiger partial charge in [-0.15, -0.1) is 0 Å². The first-order valence-corrected chi connectivity index (χ1v) is 5.42. The maximum absolute atomic E-state index is 13.6. The van der Waals surface area contributed by atoms with Gasteiger partial charge in [-0.3, -0.25) is 0 Å². The highest BCUT2D eigenvalue weighted by molar-refractivity contribution is 5.35. The van der Waals surface area contributed by atoms with E-state index >= 15 is 0 Å². The first-order chi connectivity index (χ1) is 8.29. The molecule has 0 aliphatic carbocycles. The van der Waals surface area contributed by atoms with E-state index in [1.165, 1.54) is 6.07 Å². The van der Waals surface area contributed by atoms with E-state index in [0.717, 1.165) is 11.4 Å². The smallest absolute Gasteiger partial charge is 0.128 e. The molecule has 2 aromatic rings. The summed E-state index contributed by atoms with van der Waals surface area (Å²) < 4.78 is 13.6. The summed E-state index contributed by atoms with van der Waals surface area (Å²) in [4.78, 5) is 4.10. The van der Waals surface area contributed by atoms with Crippen LogP contribution in [0.25, 0.3) is 0 Å². The largest absolute Gasteiger partial charge is 0.366 e. The van der Waals surface area contributed by atoms with Gasteiger partial charge in [0.25, 0.3) is 0 Å². The van der Waals surface area contributed by atoms with E-state index in [4.69, 9.17) is 5.73 Å². The Kier molecular flexibility index (Phi) is 3.67. The molecule has 1 heterocycles. The Morgan fingerprint density at radius 1 is 1.24 bits per heavy atom. The van der Waals surface area contributed by atoms with Crippen LogP contribution in [0.2, 0.25) is 0 Å². The number of anilines is 1. The zero-order valence-electron chi connectivity index (χ0n) is 9.36. The summed E-state index contributed by atoms with van der Waals surface area (Å²) in [6, 6.07) is 10.6. The van der Waals surface area contributed by atoms with Gasteiger partial charge >= 0.3 is 0 Å². The van der Waals surface area contributed by atoms with E-state index in [1.54, 1.807) is 12.3 Å². The van der Waals surface area contributed by atoms with Crippen LogP contribution in [-0.4, -0.2) is 4.98 Å². The van der Waals surface area contributed by atoms with Gasteiger partial charge in [-0.1, -0.05) is 18.2 Å². The van der Waals surface area contributed by atoms with Crippen LogP contribution < -0.4 is 11.1 Å². The van der Waals surface area contributed by atoms with E-state index in [2.05, 4.69) is 10.3 Å². The first-order valence-electron chi connectivity index (χ1n) is 5.42. The van der Waals surface area contributed by atoms with E-state index in [0.29, 0.717) is 18.7 Å². The van der Waals surface area contributed by atoms with Crippen molar-refractivity contribution in [2.75, 3.05) is 5.32 Å². The fourth-order valence-electron chi connectivity index (χ4n) is 1.51. The van der Waals surface area contributed by atoms with Crippen LogP contribution in [-0.2, 0) is 13.1 Å². The maximum Gasteiger partial charge on any atom is 0.128 e. The molecule has 0 unspecified atom stereocenters. The van der Waals surface area contributed by atoms with Crippen molar-refractivity contribution in [3.63, 3.8) is 0 Å². The average Bonchev–Trinajstić information content (AvgIpc) is 2.38. The van der Waals surface area contributed by atoms with Crippen molar-refractivity contribution in [3.05, 3.63) is 59.5 Å². The zero-order valence-corrected chi connectivity index (χ0v) is 9.36. The van der Waals surface area contributed by atoms with Crippen LogP contribution in [0.1, 0.15) is 11.1 Å². The monoisotopic (exact) mass is 231 g/mol. The standard InChI is InChI=1S/C13H14FN3/c14-12-7-10(8-15)4-5-11(12)9-17-13-3-1-2-6-16-13/h1-7H,8-9,15H2,(H,16,17). The molecule has 0 aliphatic heterocycles. The fraction of sp³-hybridized carbons (Fsp3) is 0.154. The Morgan fingerprint density at radius 2 is 2.12 bits per heavy atom. The minimum atomic E-state index is -0.239. The lowest BCUT2D eigenvalue weighted by molar-refractivity contribution is 0.610. The second-order valence-corrected chi connectivity index (χ2v) is 3.70. The Morgan fingerprint density at radius 3 is 2.76 bits per heavy atom. The molecule has 0 radical (unpaired) electrons. The summed E-state index contributed by atoms with van der Waals surface area (Å²) in [6.45, 7) is 0.762. The topological polar surface area (TPSA) is 50.9 Å². The SMILES string of the molecule is NCc1ccc(CNc2ccccn2)c(F)c1. The number of hydrogen-bond acceptors (Lipinski definition) is 3. The third kappa shape index (κ3) is 3.01. The Labute approximate surface area is 99.5 Å². The number of nitrogens with two attached hydrogens (primary N) is 1. The van der Waals surface area contributed by atoms with Crippen molar-refractivity contribution in [1.29, 1.82) is 0 Å². The molecule has 0 atom stereocenters. The van der Waals surface area contributed by atoms with E-state index in [9.17, 15) is 4.39 Å². The first kappa shape index (κ1) is 11.5. The lowest BCUT2D eigenvalue weighted by atomic mass is 10.1. The normalized spacial score (nSPS) is 10.2. The second-order valence-electron chi connectivity index (χ2n) is 3.70. The molecule has 4 heteroatoms. The Balaban J connectivity index is 2.04. The maximum atomic E-state index is 13.6. The number of aromatic nitrogens is 1. The number of hydrogen-bond donors (Lipinski definition) is 2. The molecule has 0 spiro atoms. The van der Waals surface area contributed by atoms with Crippen molar-refractivity contribution < 1.29 is 4.39 Å². The lowest BCUT2D eigenvalue weighted by Crippen LogP contribution is -2.04. The molecule has 0 amide bonds. The van der Waals surface area contributed by atoms with Crippen LogP contribution in [0.4, 0.5) is 10.2 Å². The van der Waals surface area contributed by atoms with Gasteiger partial charge in [0.1, 0.15) is 11.6 Å². The molecule has 0 bridgehead atoms. The summed E-state index contributed by atoms with van der Waals surface area (Å²) in [5.41, 5.74) is 6.84. The predicted molar refractivity (Wildman–Crippen MR) is 65.9 cm³/mol. The number of nitrogens with zero attached hydrogens (tertiary/aromatic N) is 1. The molecule has 1 aromatic carbocycles. The Bertz CT molecular complexity index is 485. The van der Waals surface area contributed by atoms with Crippen molar-refractivity contribution >= 4 is 5.82 Å². The molecule has 0 saturated heterocycles. The van der Waals surface area contributed by atoms with Crippen molar-refractivity contribution in [2.24, 2.45) is 5.73 Å². The zero-order chi connectivity index (χ0) is 12.1. The number of nitrogens with one attached hydrogen (secondary N) is 1. The van der Waals surface area contributed by atoms with Crippen molar-refractivity contribution in [1.82, 2.24) is 4.98 Å². The molecule has 3 N–H and O–H groups in total. The van der Waals surface area contributed by atoms with Crippen LogP contribution in [0.15, 0.2) is 42.6 Å². The van der Waals surface area contributed by atoms with Gasteiger partial charge in [0.2, 0.25) is 0 Å². The number of rotatable bonds is 4. The molecule has 17 heavy (non-hydrogen) atoms. The van der Waals surface area contributed by atoms with Gasteiger partial charge in [-0.25, -0.2) is 9.37 Å². The second kappa shape index (κ2) is 5.41. The molecule has 88 valence electrons. The highest BCUT2D eigenvalue weighted by Gasteiger charge is 2.03. The summed E-state index contributed by atoms with van der Waals surface area (Å²) in [5.74, 6) is 0.492. The fourth-order valence-corrected chi connectivity index (χ4v) is 1.51. The third-order valence-corrected chi connectivity index (χ3v) is 2.48. The van der Waals surface area contributed by atoms with Crippen LogP contribution in [0, 0.1) is 5.82 Å². The van der Waals surface area contributed by atoms with Crippen LogP contribution >= 0.6 is 0 Å². The highest BCUT2D eigenvalue weighted by Crippen LogP contribution is 2.12. The minimum Gasteiger partial charge on any atom is -0.366 e. The van der Waals surface area contributed by atoms with Crippen LogP contribution in [0.3, 0.4) is 0 Å². The summed E-state index contributed by atoms with van der Waals surface area (Å²) >= 11 is 0. The molecule has 0 aliphatic rings. The molecule has 3 nitrogen and oxygen atoms in total. The van der Waals surface area contributed by atoms with Gasteiger partial charge < -0.3 is 11.1 Å². The van der Waals surface area contributed by atoms with Gasteiger partial charge in [0, 0.05) is 24.8 Å². The van der Waals surface area contributed by atoms with E-state index in [-0.39, 0.29) is 5.82 Å². The molecule has 2 rings (SSSR count). The number of pyridine rings is 1. The summed E-state index contributed by atoms with van der Waals surface area (Å²) in [6.07, 6.45) is 1.69. The van der Waals surface area contributed by atoms with Gasteiger partial charge in [0.05, 0.1) is 0 Å². The number of benzene rings is 1. The molecule has 0 saturated carbocycles.